The minimum Gasteiger partial charge on any atom is -0.311 e. The van der Waals surface area contributed by atoms with Crippen LogP contribution in [0.2, 0.25) is 0 Å². The van der Waals surface area contributed by atoms with Gasteiger partial charge in [0.05, 0.1) is 4.88 Å². The van der Waals surface area contributed by atoms with E-state index in [9.17, 15) is 4.79 Å². The Kier molecular flexibility index (Phi) is 3.62. The lowest BCUT2D eigenvalue weighted by Gasteiger charge is -2.16. The molecule has 3 rings (SSSR count). The van der Waals surface area contributed by atoms with E-state index in [-0.39, 0.29) is 5.91 Å². The van der Waals surface area contributed by atoms with Gasteiger partial charge in [-0.15, -0.1) is 11.3 Å². The number of anilines is 1. The van der Waals surface area contributed by atoms with Gasteiger partial charge in [-0.1, -0.05) is 25.1 Å². The van der Waals surface area contributed by atoms with E-state index in [0.717, 1.165) is 29.3 Å². The highest BCUT2D eigenvalue weighted by atomic mass is 32.1. The van der Waals surface area contributed by atoms with E-state index in [4.69, 9.17) is 0 Å². The van der Waals surface area contributed by atoms with Crippen LogP contribution in [0.3, 0.4) is 0 Å². The molecular formula is C17H19NOS. The summed E-state index contributed by atoms with van der Waals surface area (Å²) >= 11 is 1.68. The summed E-state index contributed by atoms with van der Waals surface area (Å²) in [5.74, 6) is 0.843. The number of hydrogen-bond acceptors (Lipinski definition) is 2. The number of hydrogen-bond donors (Lipinski definition) is 0. The molecule has 1 heterocycles. The zero-order valence-electron chi connectivity index (χ0n) is 11.9. The quantitative estimate of drug-likeness (QED) is 0.811. The zero-order valence-corrected chi connectivity index (χ0v) is 12.7. The van der Waals surface area contributed by atoms with Crippen molar-refractivity contribution in [3.8, 4) is 0 Å². The van der Waals surface area contributed by atoms with Gasteiger partial charge in [-0.3, -0.25) is 4.79 Å². The lowest BCUT2D eigenvalue weighted by Crippen LogP contribution is -2.25. The molecule has 0 bridgehead atoms. The molecule has 0 aliphatic heterocycles. The molecule has 1 aromatic heterocycles. The Morgan fingerprint density at radius 2 is 2.05 bits per heavy atom. The van der Waals surface area contributed by atoms with Gasteiger partial charge in [0.2, 0.25) is 0 Å². The molecule has 3 heteroatoms. The van der Waals surface area contributed by atoms with E-state index in [1.165, 1.54) is 16.9 Å². The number of carbonyl (C=O) groups excluding carboxylic acids is 1. The van der Waals surface area contributed by atoms with Crippen LogP contribution in [0.5, 0.6) is 0 Å². The fourth-order valence-corrected chi connectivity index (χ4v) is 3.93. The number of para-hydroxylation sites is 1. The molecule has 0 fully saturated rings. The number of benzene rings is 1. The van der Waals surface area contributed by atoms with Gasteiger partial charge in [0.25, 0.3) is 5.91 Å². The Morgan fingerprint density at radius 3 is 2.80 bits per heavy atom. The van der Waals surface area contributed by atoms with E-state index < -0.39 is 0 Å². The second-order valence-corrected chi connectivity index (χ2v) is 6.74. The topological polar surface area (TPSA) is 20.3 Å². The first kappa shape index (κ1) is 13.4. The van der Waals surface area contributed by atoms with Crippen LogP contribution in [-0.4, -0.2) is 13.0 Å². The van der Waals surface area contributed by atoms with Crippen LogP contribution in [0.25, 0.3) is 0 Å². The first-order valence-electron chi connectivity index (χ1n) is 7.10. The van der Waals surface area contributed by atoms with Crippen LogP contribution in [0.15, 0.2) is 36.4 Å². The third-order valence-electron chi connectivity index (χ3n) is 3.99. The van der Waals surface area contributed by atoms with Gasteiger partial charge in [0.15, 0.2) is 0 Å². The number of nitrogens with zero attached hydrogens (tertiary/aromatic N) is 1. The molecule has 1 amide bonds. The highest BCUT2D eigenvalue weighted by Crippen LogP contribution is 2.33. The number of rotatable bonds is 2. The lowest BCUT2D eigenvalue weighted by molar-refractivity contribution is 0.0997. The molecule has 1 atom stereocenters. The van der Waals surface area contributed by atoms with Crippen molar-refractivity contribution in [3.63, 3.8) is 0 Å². The maximum absolute atomic E-state index is 12.6. The summed E-state index contributed by atoms with van der Waals surface area (Å²) in [6, 6.07) is 11.9. The molecule has 0 saturated carbocycles. The maximum atomic E-state index is 12.6. The Bertz CT molecular complexity index is 617. The molecule has 1 aromatic carbocycles. The van der Waals surface area contributed by atoms with Crippen molar-refractivity contribution < 1.29 is 4.79 Å². The third kappa shape index (κ3) is 2.50. The predicted molar refractivity (Wildman–Crippen MR) is 84.7 cm³/mol. The van der Waals surface area contributed by atoms with Crippen molar-refractivity contribution in [2.24, 2.45) is 5.92 Å². The summed E-state index contributed by atoms with van der Waals surface area (Å²) in [5.41, 5.74) is 2.33. The van der Waals surface area contributed by atoms with Gasteiger partial charge >= 0.3 is 0 Å². The van der Waals surface area contributed by atoms with Crippen LogP contribution in [0.4, 0.5) is 5.69 Å². The molecule has 0 radical (unpaired) electrons. The van der Waals surface area contributed by atoms with Crippen LogP contribution < -0.4 is 4.90 Å². The third-order valence-corrected chi connectivity index (χ3v) is 5.21. The van der Waals surface area contributed by atoms with E-state index in [0.29, 0.717) is 0 Å². The maximum Gasteiger partial charge on any atom is 0.268 e. The molecule has 2 aromatic rings. The fraction of sp³-hybridized carbons (Fsp3) is 0.353. The molecule has 0 unspecified atom stereocenters. The summed E-state index contributed by atoms with van der Waals surface area (Å²) in [4.78, 5) is 16.6. The normalized spacial score (nSPS) is 17.6. The van der Waals surface area contributed by atoms with Crippen LogP contribution in [-0.2, 0) is 12.8 Å². The molecule has 0 saturated heterocycles. The number of fused-ring (bicyclic) bond motifs is 1. The molecular weight excluding hydrogens is 266 g/mol. The Labute approximate surface area is 124 Å². The van der Waals surface area contributed by atoms with Gasteiger partial charge < -0.3 is 4.90 Å². The van der Waals surface area contributed by atoms with E-state index >= 15 is 0 Å². The van der Waals surface area contributed by atoms with Crippen molar-refractivity contribution in [2.75, 3.05) is 11.9 Å². The molecule has 0 spiro atoms. The zero-order chi connectivity index (χ0) is 14.1. The van der Waals surface area contributed by atoms with Crippen molar-refractivity contribution in [1.29, 1.82) is 0 Å². The number of carbonyl (C=O) groups is 1. The first-order chi connectivity index (χ1) is 9.65. The highest BCUT2D eigenvalue weighted by Gasteiger charge is 2.22. The second kappa shape index (κ2) is 5.41. The van der Waals surface area contributed by atoms with E-state index in [2.05, 4.69) is 13.0 Å². The fourth-order valence-electron chi connectivity index (χ4n) is 2.75. The van der Waals surface area contributed by atoms with Gasteiger partial charge in [-0.05, 0) is 48.9 Å². The first-order valence-corrected chi connectivity index (χ1v) is 7.91. The molecule has 1 aliphatic rings. The Morgan fingerprint density at radius 1 is 1.30 bits per heavy atom. The van der Waals surface area contributed by atoms with Gasteiger partial charge in [0, 0.05) is 17.6 Å². The summed E-state index contributed by atoms with van der Waals surface area (Å²) in [6.45, 7) is 2.29. The molecule has 1 aliphatic carbocycles. The van der Waals surface area contributed by atoms with Crippen LogP contribution in [0, 0.1) is 5.92 Å². The summed E-state index contributed by atoms with van der Waals surface area (Å²) in [7, 11) is 1.85. The van der Waals surface area contributed by atoms with Gasteiger partial charge in [-0.25, -0.2) is 0 Å². The van der Waals surface area contributed by atoms with Gasteiger partial charge in [0.1, 0.15) is 0 Å². The molecule has 20 heavy (non-hydrogen) atoms. The monoisotopic (exact) mass is 285 g/mol. The van der Waals surface area contributed by atoms with E-state index in [1.54, 1.807) is 16.2 Å². The number of amides is 1. The number of aryl methyl sites for hydroxylation is 1. The summed E-state index contributed by atoms with van der Waals surface area (Å²) < 4.78 is 0. The molecule has 0 N–H and O–H groups in total. The van der Waals surface area contributed by atoms with Crippen molar-refractivity contribution in [2.45, 2.75) is 26.2 Å². The number of thiophene rings is 1. The highest BCUT2D eigenvalue weighted by molar-refractivity contribution is 7.14. The average molecular weight is 285 g/mol. The Hall–Kier alpha value is -1.61. The molecule has 104 valence electrons. The lowest BCUT2D eigenvalue weighted by atomic mass is 9.90. The van der Waals surface area contributed by atoms with Crippen molar-refractivity contribution >= 4 is 22.9 Å². The Balaban J connectivity index is 1.84. The SMILES string of the molecule is C[C@H]1CCc2sc(C(=O)N(C)c3ccccc3)cc2C1. The largest absolute Gasteiger partial charge is 0.311 e. The predicted octanol–water partition coefficient (Wildman–Crippen LogP) is 4.15. The van der Waals surface area contributed by atoms with Gasteiger partial charge in [-0.2, -0.15) is 0 Å². The molecule has 2 nitrogen and oxygen atoms in total. The van der Waals surface area contributed by atoms with E-state index in [1.807, 2.05) is 37.4 Å². The smallest absolute Gasteiger partial charge is 0.268 e. The minimum atomic E-state index is 0.100. The van der Waals surface area contributed by atoms with Crippen LogP contribution >= 0.6 is 11.3 Å². The average Bonchev–Trinajstić information content (AvgIpc) is 2.89. The van der Waals surface area contributed by atoms with Crippen LogP contribution in [0.1, 0.15) is 33.5 Å². The second-order valence-electron chi connectivity index (χ2n) is 5.61. The summed E-state index contributed by atoms with van der Waals surface area (Å²) in [6.07, 6.45) is 3.49. The summed E-state index contributed by atoms with van der Waals surface area (Å²) in [5, 5.41) is 0. The standard InChI is InChI=1S/C17H19NOS/c1-12-8-9-15-13(10-12)11-16(20-15)17(19)18(2)14-6-4-3-5-7-14/h3-7,11-12H,8-10H2,1-2H3/t12-/m0/s1. The van der Waals surface area contributed by atoms with Crippen molar-refractivity contribution in [1.82, 2.24) is 0 Å². The minimum absolute atomic E-state index is 0.100. The van der Waals surface area contributed by atoms with Crippen molar-refractivity contribution in [3.05, 3.63) is 51.7 Å².